The van der Waals surface area contributed by atoms with Gasteiger partial charge >= 0.3 is 11.8 Å². The predicted molar refractivity (Wildman–Crippen MR) is 71.6 cm³/mol. The van der Waals surface area contributed by atoms with Crippen molar-refractivity contribution in [2.75, 3.05) is 25.4 Å². The van der Waals surface area contributed by atoms with E-state index in [4.69, 9.17) is 0 Å². The van der Waals surface area contributed by atoms with Crippen molar-refractivity contribution in [1.29, 1.82) is 0 Å². The monoisotopic (exact) mass is 284 g/mol. The van der Waals surface area contributed by atoms with Crippen LogP contribution in [0.15, 0.2) is 4.99 Å². The summed E-state index contributed by atoms with van der Waals surface area (Å²) >= 11 is 1.38. The summed E-state index contributed by atoms with van der Waals surface area (Å²) in [5.41, 5.74) is 0. The molecule has 19 heavy (non-hydrogen) atoms. The van der Waals surface area contributed by atoms with Gasteiger partial charge in [0.15, 0.2) is 5.17 Å². The smallest absolute Gasteiger partial charge is 0.316 e. The summed E-state index contributed by atoms with van der Waals surface area (Å²) in [6.07, 6.45) is 1.37. The first-order chi connectivity index (χ1) is 9.16. The number of nitrogens with zero attached hydrogens (tertiary/aromatic N) is 1. The molecule has 0 atom stereocenters. The van der Waals surface area contributed by atoms with Crippen LogP contribution in [0.3, 0.4) is 0 Å². The van der Waals surface area contributed by atoms with Gasteiger partial charge in [-0.25, -0.2) is 0 Å². The fraction of sp³-hybridized carbons (Fsp3) is 0.636. The van der Waals surface area contributed by atoms with Crippen molar-refractivity contribution in [3.05, 3.63) is 0 Å². The third-order valence-electron chi connectivity index (χ3n) is 2.96. The molecule has 8 heteroatoms. The molecule has 104 valence electrons. The van der Waals surface area contributed by atoms with E-state index in [0.29, 0.717) is 24.6 Å². The van der Waals surface area contributed by atoms with Crippen LogP contribution in [0.5, 0.6) is 0 Å². The van der Waals surface area contributed by atoms with E-state index < -0.39 is 11.8 Å². The van der Waals surface area contributed by atoms with Crippen molar-refractivity contribution >= 4 is 34.7 Å². The third kappa shape index (κ3) is 4.03. The van der Waals surface area contributed by atoms with Gasteiger partial charge in [0.1, 0.15) is 0 Å². The van der Waals surface area contributed by atoms with Gasteiger partial charge in [-0.1, -0.05) is 11.8 Å². The molecule has 2 rings (SSSR count). The molecular weight excluding hydrogens is 268 g/mol. The van der Waals surface area contributed by atoms with Crippen LogP contribution in [0.1, 0.15) is 12.8 Å². The topological polar surface area (TPSA) is 99.7 Å². The molecule has 7 nitrogen and oxygen atoms in total. The standard InChI is InChI=1S/C11H16N4O3S/c16-8(7-1-3-12-4-2-7)14-9(17)10(18)15-11-13-5-6-19-11/h7,12H,1-6H2,(H,13,15,18)(H,14,16,17). The van der Waals surface area contributed by atoms with Crippen molar-refractivity contribution in [3.8, 4) is 0 Å². The highest BCUT2D eigenvalue weighted by Gasteiger charge is 2.25. The highest BCUT2D eigenvalue weighted by Crippen LogP contribution is 2.11. The molecule has 0 aromatic rings. The lowest BCUT2D eigenvalue weighted by Crippen LogP contribution is -2.47. The number of piperidine rings is 1. The Balaban J connectivity index is 1.79. The minimum absolute atomic E-state index is 0.198. The fourth-order valence-corrected chi connectivity index (χ4v) is 2.64. The summed E-state index contributed by atoms with van der Waals surface area (Å²) in [4.78, 5) is 38.9. The third-order valence-corrected chi connectivity index (χ3v) is 3.85. The summed E-state index contributed by atoms with van der Waals surface area (Å²) in [6, 6.07) is 0. The molecule has 2 aliphatic rings. The number of imide groups is 1. The van der Waals surface area contributed by atoms with Crippen LogP contribution in [-0.2, 0) is 14.4 Å². The first-order valence-corrected chi connectivity index (χ1v) is 7.19. The van der Waals surface area contributed by atoms with E-state index in [9.17, 15) is 14.4 Å². The van der Waals surface area contributed by atoms with E-state index in [1.807, 2.05) is 0 Å². The highest BCUT2D eigenvalue weighted by atomic mass is 32.2. The van der Waals surface area contributed by atoms with Gasteiger partial charge in [-0.3, -0.25) is 30.0 Å². The Morgan fingerprint density at radius 3 is 2.58 bits per heavy atom. The SMILES string of the molecule is O=C(NC(=O)C1CCNCC1)C(=O)NC1=NCCS1. The first kappa shape index (κ1) is 14.0. The largest absolute Gasteiger partial charge is 0.317 e. The summed E-state index contributed by atoms with van der Waals surface area (Å²) in [5.74, 6) is -1.53. The van der Waals surface area contributed by atoms with E-state index in [-0.39, 0.29) is 11.8 Å². The average Bonchev–Trinajstić information content (AvgIpc) is 2.92. The second-order valence-corrected chi connectivity index (χ2v) is 5.42. The van der Waals surface area contributed by atoms with E-state index in [0.717, 1.165) is 18.8 Å². The van der Waals surface area contributed by atoms with Crippen molar-refractivity contribution in [2.45, 2.75) is 12.8 Å². The molecule has 0 unspecified atom stereocenters. The number of amides is 3. The number of hydrogen-bond donors (Lipinski definition) is 3. The average molecular weight is 284 g/mol. The number of nitrogens with one attached hydrogen (secondary N) is 3. The molecule has 0 aromatic carbocycles. The first-order valence-electron chi connectivity index (χ1n) is 6.21. The second-order valence-electron chi connectivity index (χ2n) is 4.33. The number of hydrogen-bond acceptors (Lipinski definition) is 6. The predicted octanol–water partition coefficient (Wildman–Crippen LogP) is -1.15. The number of aliphatic imine (C=N–C) groups is 1. The minimum atomic E-state index is -0.918. The van der Waals surface area contributed by atoms with Crippen LogP contribution in [0.2, 0.25) is 0 Å². The number of carbonyl (C=O) groups excluding carboxylic acids is 3. The summed E-state index contributed by atoms with van der Waals surface area (Å²) in [7, 11) is 0. The van der Waals surface area contributed by atoms with Crippen LogP contribution in [-0.4, -0.2) is 48.3 Å². The van der Waals surface area contributed by atoms with E-state index in [1.54, 1.807) is 0 Å². The zero-order valence-electron chi connectivity index (χ0n) is 10.4. The number of rotatable bonds is 1. The molecule has 0 aromatic heterocycles. The summed E-state index contributed by atoms with van der Waals surface area (Å²) in [5, 5.41) is 8.10. The molecule has 0 saturated carbocycles. The number of carbonyl (C=O) groups is 3. The molecule has 2 heterocycles. The van der Waals surface area contributed by atoms with Gasteiger partial charge < -0.3 is 5.32 Å². The number of amidine groups is 1. The molecule has 3 N–H and O–H groups in total. The Bertz CT molecular complexity index is 418. The van der Waals surface area contributed by atoms with Crippen LogP contribution in [0, 0.1) is 5.92 Å². The Labute approximate surface area is 115 Å². The lowest BCUT2D eigenvalue weighted by Gasteiger charge is -2.21. The van der Waals surface area contributed by atoms with E-state index in [2.05, 4.69) is 20.9 Å². The van der Waals surface area contributed by atoms with Crippen molar-refractivity contribution in [3.63, 3.8) is 0 Å². The second kappa shape index (κ2) is 6.67. The Morgan fingerprint density at radius 1 is 1.21 bits per heavy atom. The van der Waals surface area contributed by atoms with Crippen molar-refractivity contribution < 1.29 is 14.4 Å². The van der Waals surface area contributed by atoms with Crippen molar-refractivity contribution in [2.24, 2.45) is 10.9 Å². The molecule has 3 amide bonds. The molecule has 1 saturated heterocycles. The maximum Gasteiger partial charge on any atom is 0.316 e. The van der Waals surface area contributed by atoms with E-state index in [1.165, 1.54) is 11.8 Å². The Hall–Kier alpha value is -1.41. The van der Waals surface area contributed by atoms with Crippen LogP contribution < -0.4 is 16.0 Å². The molecule has 0 radical (unpaired) electrons. The maximum atomic E-state index is 11.8. The molecule has 2 aliphatic heterocycles. The van der Waals surface area contributed by atoms with Gasteiger partial charge in [0, 0.05) is 11.7 Å². The Kier molecular flexibility index (Phi) is 4.92. The molecule has 1 fully saturated rings. The lowest BCUT2D eigenvalue weighted by atomic mass is 9.97. The summed E-state index contributed by atoms with van der Waals surface area (Å²) < 4.78 is 0. The van der Waals surface area contributed by atoms with E-state index >= 15 is 0 Å². The Morgan fingerprint density at radius 2 is 1.95 bits per heavy atom. The van der Waals surface area contributed by atoms with Gasteiger partial charge in [-0.05, 0) is 25.9 Å². The van der Waals surface area contributed by atoms with Crippen LogP contribution >= 0.6 is 11.8 Å². The zero-order chi connectivity index (χ0) is 13.7. The quantitative estimate of drug-likeness (QED) is 0.528. The molecule has 0 aliphatic carbocycles. The molecule has 0 bridgehead atoms. The minimum Gasteiger partial charge on any atom is -0.317 e. The normalized spacial score (nSPS) is 19.7. The van der Waals surface area contributed by atoms with Crippen LogP contribution in [0.4, 0.5) is 0 Å². The summed E-state index contributed by atoms with van der Waals surface area (Å²) in [6.45, 7) is 2.15. The fourth-order valence-electron chi connectivity index (χ4n) is 1.92. The molecular formula is C11H16N4O3S. The maximum absolute atomic E-state index is 11.8. The lowest BCUT2D eigenvalue weighted by molar-refractivity contribution is -0.142. The van der Waals surface area contributed by atoms with Crippen LogP contribution in [0.25, 0.3) is 0 Å². The van der Waals surface area contributed by atoms with Crippen molar-refractivity contribution in [1.82, 2.24) is 16.0 Å². The van der Waals surface area contributed by atoms with Gasteiger partial charge in [-0.2, -0.15) is 0 Å². The zero-order valence-corrected chi connectivity index (χ0v) is 11.2. The van der Waals surface area contributed by atoms with Gasteiger partial charge in [0.05, 0.1) is 6.54 Å². The van der Waals surface area contributed by atoms with Gasteiger partial charge in [0.25, 0.3) is 0 Å². The highest BCUT2D eigenvalue weighted by molar-refractivity contribution is 8.14. The number of thioether (sulfide) groups is 1. The molecule has 0 spiro atoms. The van der Waals surface area contributed by atoms with Gasteiger partial charge in [-0.15, -0.1) is 0 Å². The van der Waals surface area contributed by atoms with Gasteiger partial charge in [0.2, 0.25) is 5.91 Å².